The highest BCUT2D eigenvalue weighted by Gasteiger charge is 2.08. The van der Waals surface area contributed by atoms with Crippen LogP contribution in [0.15, 0.2) is 53.3 Å². The molecule has 1 aromatic heterocycles. The topological polar surface area (TPSA) is 51.0 Å². The van der Waals surface area contributed by atoms with Crippen LogP contribution in [0.4, 0.5) is 14.5 Å². The van der Waals surface area contributed by atoms with Crippen LogP contribution in [0.3, 0.4) is 0 Å². The van der Waals surface area contributed by atoms with Gasteiger partial charge in [0.2, 0.25) is 12.3 Å². The van der Waals surface area contributed by atoms with Crippen LogP contribution in [0.5, 0.6) is 0 Å². The Bertz CT molecular complexity index is 744. The highest BCUT2D eigenvalue weighted by atomic mass is 19.2. The molecule has 0 atom stereocenters. The molecule has 0 saturated carbocycles. The summed E-state index contributed by atoms with van der Waals surface area (Å²) in [4.78, 5) is 0. The second-order valence-electron chi connectivity index (χ2n) is 4.39. The first-order valence-electron chi connectivity index (χ1n) is 6.27. The molecule has 3 rings (SSSR count). The van der Waals surface area contributed by atoms with Gasteiger partial charge in [-0.05, 0) is 24.3 Å². The smallest absolute Gasteiger partial charge is 0.247 e. The maximum Gasteiger partial charge on any atom is 0.247 e. The van der Waals surface area contributed by atoms with Crippen LogP contribution >= 0.6 is 0 Å². The Morgan fingerprint density at radius 1 is 1.10 bits per heavy atom. The Hall–Kier alpha value is -2.76. The highest BCUT2D eigenvalue weighted by Crippen LogP contribution is 2.21. The normalized spacial score (nSPS) is 10.6. The van der Waals surface area contributed by atoms with E-state index in [1.54, 1.807) is 6.07 Å². The van der Waals surface area contributed by atoms with Crippen molar-refractivity contribution in [1.29, 1.82) is 0 Å². The average Bonchev–Trinajstić information content (AvgIpc) is 3.03. The van der Waals surface area contributed by atoms with Crippen molar-refractivity contribution in [2.24, 2.45) is 0 Å². The standard InChI is InChI=1S/C15H11F2N3O/c16-13-6-2-4-11(14(13)17)8-18-12-5-1-3-10(7-12)15-20-19-9-21-15/h1-7,9,18H,8H2. The number of hydrogen-bond donors (Lipinski definition) is 1. The van der Waals surface area contributed by atoms with E-state index in [1.807, 2.05) is 18.2 Å². The van der Waals surface area contributed by atoms with E-state index in [1.165, 1.54) is 18.5 Å². The Morgan fingerprint density at radius 3 is 2.76 bits per heavy atom. The van der Waals surface area contributed by atoms with Crippen LogP contribution in [0.25, 0.3) is 11.5 Å². The lowest BCUT2D eigenvalue weighted by molar-refractivity contribution is 0.500. The molecule has 0 bridgehead atoms. The summed E-state index contributed by atoms with van der Waals surface area (Å²) >= 11 is 0. The van der Waals surface area contributed by atoms with Gasteiger partial charge in [0.05, 0.1) is 0 Å². The Kier molecular flexibility index (Phi) is 3.59. The molecule has 0 aliphatic carbocycles. The predicted molar refractivity (Wildman–Crippen MR) is 73.4 cm³/mol. The second kappa shape index (κ2) is 5.70. The van der Waals surface area contributed by atoms with E-state index in [-0.39, 0.29) is 12.1 Å². The van der Waals surface area contributed by atoms with Gasteiger partial charge in [-0.1, -0.05) is 18.2 Å². The molecule has 2 aromatic carbocycles. The molecule has 0 fully saturated rings. The molecule has 0 amide bonds. The minimum absolute atomic E-state index is 0.177. The van der Waals surface area contributed by atoms with Crippen molar-refractivity contribution in [3.63, 3.8) is 0 Å². The molecule has 0 spiro atoms. The fourth-order valence-corrected chi connectivity index (χ4v) is 1.94. The minimum atomic E-state index is -0.853. The van der Waals surface area contributed by atoms with E-state index in [4.69, 9.17) is 4.42 Å². The third-order valence-electron chi connectivity index (χ3n) is 2.98. The van der Waals surface area contributed by atoms with Gasteiger partial charge in [0.25, 0.3) is 0 Å². The van der Waals surface area contributed by atoms with Gasteiger partial charge in [-0.25, -0.2) is 8.78 Å². The van der Waals surface area contributed by atoms with Crippen LogP contribution in [0, 0.1) is 11.6 Å². The van der Waals surface area contributed by atoms with Gasteiger partial charge in [-0.15, -0.1) is 10.2 Å². The third-order valence-corrected chi connectivity index (χ3v) is 2.98. The van der Waals surface area contributed by atoms with Gasteiger partial charge in [-0.2, -0.15) is 0 Å². The van der Waals surface area contributed by atoms with Crippen molar-refractivity contribution in [2.45, 2.75) is 6.54 Å². The molecule has 3 aromatic rings. The van der Waals surface area contributed by atoms with E-state index in [0.717, 1.165) is 17.3 Å². The lowest BCUT2D eigenvalue weighted by Crippen LogP contribution is -2.03. The maximum absolute atomic E-state index is 13.6. The van der Waals surface area contributed by atoms with E-state index < -0.39 is 11.6 Å². The summed E-state index contributed by atoms with van der Waals surface area (Å²) in [6.45, 7) is 0.177. The molecular formula is C15H11F2N3O. The summed E-state index contributed by atoms with van der Waals surface area (Å²) in [5.41, 5.74) is 1.75. The van der Waals surface area contributed by atoms with Crippen LogP contribution in [-0.4, -0.2) is 10.2 Å². The van der Waals surface area contributed by atoms with Gasteiger partial charge in [-0.3, -0.25) is 0 Å². The van der Waals surface area contributed by atoms with Gasteiger partial charge < -0.3 is 9.73 Å². The number of rotatable bonds is 4. The second-order valence-corrected chi connectivity index (χ2v) is 4.39. The van der Waals surface area contributed by atoms with E-state index in [0.29, 0.717) is 5.89 Å². The number of hydrogen-bond acceptors (Lipinski definition) is 4. The van der Waals surface area contributed by atoms with Crippen LogP contribution in [0.1, 0.15) is 5.56 Å². The van der Waals surface area contributed by atoms with E-state index in [2.05, 4.69) is 15.5 Å². The van der Waals surface area contributed by atoms with Crippen LogP contribution in [-0.2, 0) is 6.54 Å². The van der Waals surface area contributed by atoms with Crippen molar-refractivity contribution in [2.75, 3.05) is 5.32 Å². The fraction of sp³-hybridized carbons (Fsp3) is 0.0667. The Balaban J connectivity index is 1.77. The molecule has 0 aliphatic heterocycles. The van der Waals surface area contributed by atoms with Crippen molar-refractivity contribution >= 4 is 5.69 Å². The first-order valence-corrected chi connectivity index (χ1v) is 6.27. The van der Waals surface area contributed by atoms with Crippen molar-refractivity contribution in [1.82, 2.24) is 10.2 Å². The first-order chi connectivity index (χ1) is 10.2. The molecular weight excluding hydrogens is 276 g/mol. The number of aromatic nitrogens is 2. The summed E-state index contributed by atoms with van der Waals surface area (Å²) in [7, 11) is 0. The zero-order valence-electron chi connectivity index (χ0n) is 10.9. The molecule has 0 saturated heterocycles. The highest BCUT2D eigenvalue weighted by molar-refractivity contribution is 5.60. The minimum Gasteiger partial charge on any atom is -0.423 e. The van der Waals surface area contributed by atoms with Gasteiger partial charge in [0, 0.05) is 23.4 Å². The number of nitrogens with one attached hydrogen (secondary N) is 1. The lowest BCUT2D eigenvalue weighted by atomic mass is 10.1. The number of benzene rings is 2. The fourth-order valence-electron chi connectivity index (χ4n) is 1.94. The number of nitrogens with zero attached hydrogens (tertiary/aromatic N) is 2. The van der Waals surface area contributed by atoms with Crippen molar-refractivity contribution in [3.05, 3.63) is 66.1 Å². The van der Waals surface area contributed by atoms with E-state index in [9.17, 15) is 8.78 Å². The summed E-state index contributed by atoms with van der Waals surface area (Å²) in [5, 5.41) is 10.5. The lowest BCUT2D eigenvalue weighted by Gasteiger charge is -2.08. The molecule has 6 heteroatoms. The molecule has 0 aliphatic rings. The van der Waals surface area contributed by atoms with Crippen molar-refractivity contribution in [3.8, 4) is 11.5 Å². The molecule has 1 heterocycles. The SMILES string of the molecule is Fc1cccc(CNc2cccc(-c3nnco3)c2)c1F. The number of halogens is 2. The molecule has 1 N–H and O–H groups in total. The summed E-state index contributed by atoms with van der Waals surface area (Å²) < 4.78 is 31.8. The molecule has 4 nitrogen and oxygen atoms in total. The zero-order chi connectivity index (χ0) is 14.7. The summed E-state index contributed by atoms with van der Waals surface area (Å²) in [6, 6.07) is 11.3. The third kappa shape index (κ3) is 2.89. The molecule has 106 valence electrons. The molecule has 21 heavy (non-hydrogen) atoms. The Morgan fingerprint density at radius 2 is 1.95 bits per heavy atom. The Labute approximate surface area is 119 Å². The first kappa shape index (κ1) is 13.2. The van der Waals surface area contributed by atoms with Crippen LogP contribution < -0.4 is 5.32 Å². The van der Waals surface area contributed by atoms with Gasteiger partial charge in [0.15, 0.2) is 11.6 Å². The summed E-state index contributed by atoms with van der Waals surface area (Å²) in [6.07, 6.45) is 1.25. The zero-order valence-corrected chi connectivity index (χ0v) is 10.9. The van der Waals surface area contributed by atoms with Crippen molar-refractivity contribution < 1.29 is 13.2 Å². The van der Waals surface area contributed by atoms with Gasteiger partial charge in [0.1, 0.15) is 0 Å². The monoisotopic (exact) mass is 287 g/mol. The summed E-state index contributed by atoms with van der Waals surface area (Å²) in [5.74, 6) is -1.29. The largest absolute Gasteiger partial charge is 0.423 e. The predicted octanol–water partition coefficient (Wildman–Crippen LogP) is 3.63. The van der Waals surface area contributed by atoms with Crippen LogP contribution in [0.2, 0.25) is 0 Å². The van der Waals surface area contributed by atoms with E-state index >= 15 is 0 Å². The molecule has 0 radical (unpaired) electrons. The number of anilines is 1. The van der Waals surface area contributed by atoms with Gasteiger partial charge >= 0.3 is 0 Å². The molecule has 0 unspecified atom stereocenters. The maximum atomic E-state index is 13.6. The quantitative estimate of drug-likeness (QED) is 0.796. The average molecular weight is 287 g/mol.